The number of carbonyl (C=O) groups is 2. The van der Waals surface area contributed by atoms with Gasteiger partial charge in [0.05, 0.1) is 23.0 Å². The molecule has 2 amide bonds. The Balaban J connectivity index is 1.62. The van der Waals surface area contributed by atoms with Crippen LogP contribution in [0.1, 0.15) is 25.0 Å². The molecule has 8 heteroatoms. The van der Waals surface area contributed by atoms with Crippen molar-refractivity contribution in [3.8, 4) is 5.69 Å². The Labute approximate surface area is 214 Å². The molecule has 0 saturated carbocycles. The number of nitrogens with zero attached hydrogens (tertiary/aromatic N) is 2. The second-order valence-corrected chi connectivity index (χ2v) is 9.33. The highest BCUT2D eigenvalue weighted by atomic mass is 16.2. The summed E-state index contributed by atoms with van der Waals surface area (Å²) in [7, 11) is 0. The van der Waals surface area contributed by atoms with E-state index in [1.807, 2.05) is 44.2 Å². The van der Waals surface area contributed by atoms with Gasteiger partial charge in [-0.2, -0.15) is 0 Å². The molecule has 37 heavy (non-hydrogen) atoms. The van der Waals surface area contributed by atoms with Crippen LogP contribution in [0.3, 0.4) is 0 Å². The highest BCUT2D eigenvalue weighted by molar-refractivity contribution is 5.82. The molecule has 2 N–H and O–H groups in total. The van der Waals surface area contributed by atoms with Crippen molar-refractivity contribution in [3.63, 3.8) is 0 Å². The minimum absolute atomic E-state index is 0.0896. The number of para-hydroxylation sites is 1. The smallest absolute Gasteiger partial charge is 0.336 e. The highest BCUT2D eigenvalue weighted by Gasteiger charge is 2.16. The minimum Gasteiger partial charge on any atom is -0.356 e. The van der Waals surface area contributed by atoms with Gasteiger partial charge in [-0.15, -0.1) is 0 Å². The van der Waals surface area contributed by atoms with Crippen LogP contribution in [0.4, 0.5) is 0 Å². The molecule has 0 unspecified atom stereocenters. The molecule has 0 bridgehead atoms. The van der Waals surface area contributed by atoms with E-state index >= 15 is 0 Å². The molecule has 1 aromatic heterocycles. The van der Waals surface area contributed by atoms with Crippen LogP contribution < -0.4 is 21.9 Å². The Hall–Kier alpha value is -4.46. The standard InChI is InChI=1S/C29H30N4O4/c1-20(2)17-30-26(34)16-21-12-14-23(15-13-21)33-28(36)24-10-6-7-11-25(24)32(29(33)37)19-27(35)31-18-22-8-4-3-5-9-22/h3-15,20H,16-19H2,1-2H3,(H,30,34)(H,31,35). The summed E-state index contributed by atoms with van der Waals surface area (Å²) < 4.78 is 2.37. The van der Waals surface area contributed by atoms with Crippen molar-refractivity contribution in [2.75, 3.05) is 6.54 Å². The molecule has 0 atom stereocenters. The Kier molecular flexibility index (Phi) is 7.98. The Morgan fingerprint density at radius 3 is 2.16 bits per heavy atom. The maximum atomic E-state index is 13.5. The molecule has 3 aromatic carbocycles. The molecule has 4 rings (SSSR count). The largest absolute Gasteiger partial charge is 0.356 e. The fraction of sp³-hybridized carbons (Fsp3) is 0.241. The van der Waals surface area contributed by atoms with Crippen molar-refractivity contribution < 1.29 is 9.59 Å². The van der Waals surface area contributed by atoms with Crippen LogP contribution in [0.15, 0.2) is 88.5 Å². The van der Waals surface area contributed by atoms with Crippen molar-refractivity contribution in [2.24, 2.45) is 5.92 Å². The number of hydrogen-bond acceptors (Lipinski definition) is 4. The van der Waals surface area contributed by atoms with Crippen LogP contribution in [0.25, 0.3) is 16.6 Å². The summed E-state index contributed by atoms with van der Waals surface area (Å²) in [6, 6.07) is 23.0. The Bertz CT molecular complexity index is 1520. The molecule has 0 fully saturated rings. The van der Waals surface area contributed by atoms with E-state index in [9.17, 15) is 19.2 Å². The number of nitrogens with one attached hydrogen (secondary N) is 2. The SMILES string of the molecule is CC(C)CNC(=O)Cc1ccc(-n2c(=O)c3ccccc3n(CC(=O)NCc3ccccc3)c2=O)cc1. The van der Waals surface area contributed by atoms with E-state index in [1.54, 1.807) is 48.5 Å². The third kappa shape index (κ3) is 6.22. The fourth-order valence-corrected chi connectivity index (χ4v) is 4.03. The zero-order valence-corrected chi connectivity index (χ0v) is 20.9. The second kappa shape index (κ2) is 11.5. The van der Waals surface area contributed by atoms with Gasteiger partial charge in [-0.1, -0.05) is 68.4 Å². The summed E-state index contributed by atoms with van der Waals surface area (Å²) in [4.78, 5) is 51.7. The number of hydrogen-bond donors (Lipinski definition) is 2. The van der Waals surface area contributed by atoms with Crippen molar-refractivity contribution in [1.82, 2.24) is 19.8 Å². The summed E-state index contributed by atoms with van der Waals surface area (Å²) in [6.07, 6.45) is 0.200. The van der Waals surface area contributed by atoms with E-state index in [0.29, 0.717) is 35.6 Å². The fourth-order valence-electron chi connectivity index (χ4n) is 4.03. The van der Waals surface area contributed by atoms with E-state index in [-0.39, 0.29) is 24.8 Å². The van der Waals surface area contributed by atoms with Crippen molar-refractivity contribution in [1.29, 1.82) is 0 Å². The van der Waals surface area contributed by atoms with Gasteiger partial charge in [-0.25, -0.2) is 9.36 Å². The second-order valence-electron chi connectivity index (χ2n) is 9.33. The monoisotopic (exact) mass is 498 g/mol. The Morgan fingerprint density at radius 2 is 1.46 bits per heavy atom. The van der Waals surface area contributed by atoms with Gasteiger partial charge >= 0.3 is 5.69 Å². The minimum atomic E-state index is -0.610. The summed E-state index contributed by atoms with van der Waals surface area (Å²) in [5, 5.41) is 6.04. The van der Waals surface area contributed by atoms with E-state index in [0.717, 1.165) is 15.7 Å². The molecular weight excluding hydrogens is 468 g/mol. The first kappa shape index (κ1) is 25.6. The molecule has 0 saturated heterocycles. The van der Waals surface area contributed by atoms with Crippen molar-refractivity contribution in [3.05, 3.63) is 111 Å². The van der Waals surface area contributed by atoms with Gasteiger partial charge in [-0.05, 0) is 41.3 Å². The molecule has 0 spiro atoms. The average molecular weight is 499 g/mol. The topological polar surface area (TPSA) is 102 Å². The van der Waals surface area contributed by atoms with E-state index in [1.165, 1.54) is 4.57 Å². The maximum Gasteiger partial charge on any atom is 0.336 e. The van der Waals surface area contributed by atoms with Crippen LogP contribution in [-0.4, -0.2) is 27.5 Å². The van der Waals surface area contributed by atoms with Crippen molar-refractivity contribution in [2.45, 2.75) is 33.4 Å². The van der Waals surface area contributed by atoms with E-state index in [4.69, 9.17) is 0 Å². The van der Waals surface area contributed by atoms with E-state index in [2.05, 4.69) is 10.6 Å². The first-order valence-corrected chi connectivity index (χ1v) is 12.2. The van der Waals surface area contributed by atoms with Gasteiger partial charge < -0.3 is 10.6 Å². The lowest BCUT2D eigenvalue weighted by Gasteiger charge is -2.14. The third-order valence-corrected chi connectivity index (χ3v) is 5.95. The molecule has 0 aliphatic heterocycles. The summed E-state index contributed by atoms with van der Waals surface area (Å²) in [6.45, 7) is 4.74. The van der Waals surface area contributed by atoms with Gasteiger partial charge in [0.1, 0.15) is 6.54 Å². The zero-order valence-electron chi connectivity index (χ0n) is 20.9. The highest BCUT2D eigenvalue weighted by Crippen LogP contribution is 2.12. The maximum absolute atomic E-state index is 13.5. The van der Waals surface area contributed by atoms with Crippen LogP contribution >= 0.6 is 0 Å². The van der Waals surface area contributed by atoms with Crippen LogP contribution in [-0.2, 0) is 29.1 Å². The first-order chi connectivity index (χ1) is 17.8. The lowest BCUT2D eigenvalue weighted by molar-refractivity contribution is -0.122. The quantitative estimate of drug-likeness (QED) is 0.371. The number of rotatable bonds is 9. The lowest BCUT2D eigenvalue weighted by Crippen LogP contribution is -2.41. The zero-order chi connectivity index (χ0) is 26.4. The molecule has 0 radical (unpaired) electrons. The first-order valence-electron chi connectivity index (χ1n) is 12.2. The molecule has 8 nitrogen and oxygen atoms in total. The van der Waals surface area contributed by atoms with Gasteiger partial charge in [0, 0.05) is 13.1 Å². The van der Waals surface area contributed by atoms with Crippen LogP contribution in [0.2, 0.25) is 0 Å². The Morgan fingerprint density at radius 1 is 0.784 bits per heavy atom. The molecule has 0 aliphatic rings. The molecule has 190 valence electrons. The van der Waals surface area contributed by atoms with Gasteiger partial charge in [-0.3, -0.25) is 19.0 Å². The van der Waals surface area contributed by atoms with Crippen LogP contribution in [0, 0.1) is 5.92 Å². The number of benzene rings is 3. The molecule has 1 heterocycles. The predicted octanol–water partition coefficient (Wildman–Crippen LogP) is 2.78. The molecule has 4 aromatic rings. The number of amides is 2. The van der Waals surface area contributed by atoms with Crippen LogP contribution in [0.5, 0.6) is 0 Å². The van der Waals surface area contributed by atoms with E-state index < -0.39 is 11.2 Å². The van der Waals surface area contributed by atoms with Crippen molar-refractivity contribution >= 4 is 22.7 Å². The third-order valence-electron chi connectivity index (χ3n) is 5.95. The summed E-state index contributed by atoms with van der Waals surface area (Å²) >= 11 is 0. The average Bonchev–Trinajstić information content (AvgIpc) is 2.90. The summed E-state index contributed by atoms with van der Waals surface area (Å²) in [5.74, 6) is -0.0778. The molecular formula is C29H30N4O4. The number of fused-ring (bicyclic) bond motifs is 1. The van der Waals surface area contributed by atoms with Gasteiger partial charge in [0.15, 0.2) is 0 Å². The van der Waals surface area contributed by atoms with Gasteiger partial charge in [0.25, 0.3) is 5.56 Å². The summed E-state index contributed by atoms with van der Waals surface area (Å²) in [5.41, 5.74) is 1.38. The molecule has 0 aliphatic carbocycles. The van der Waals surface area contributed by atoms with Gasteiger partial charge in [0.2, 0.25) is 11.8 Å². The lowest BCUT2D eigenvalue weighted by atomic mass is 10.1. The number of carbonyl (C=O) groups excluding carboxylic acids is 2. The normalized spacial score (nSPS) is 11.0. The predicted molar refractivity (Wildman–Crippen MR) is 144 cm³/mol. The number of aromatic nitrogens is 2.